The Kier molecular flexibility index (Phi) is 6.73. The van der Waals surface area contributed by atoms with Crippen molar-refractivity contribution in [2.75, 3.05) is 20.2 Å². The molecule has 2 N–H and O–H groups in total. The highest BCUT2D eigenvalue weighted by Gasteiger charge is 2.25. The molecule has 1 aromatic carbocycles. The highest BCUT2D eigenvalue weighted by atomic mass is 16.5. The number of amides is 1. The number of carbonyl (C=O) groups excluding carboxylic acids is 2. The average molecular weight is 278 g/mol. The molecule has 110 valence electrons. The molecule has 0 fully saturated rings. The molecular weight excluding hydrogens is 256 g/mol. The van der Waals surface area contributed by atoms with Gasteiger partial charge in [-0.15, -0.1) is 0 Å². The number of benzene rings is 1. The fourth-order valence-corrected chi connectivity index (χ4v) is 1.78. The maximum absolute atomic E-state index is 12.1. The van der Waals surface area contributed by atoms with Gasteiger partial charge in [0.05, 0.1) is 7.11 Å². The number of carbonyl (C=O) groups is 2. The van der Waals surface area contributed by atoms with Crippen LogP contribution < -0.4 is 10.6 Å². The number of methoxy groups -OCH3 is 1. The van der Waals surface area contributed by atoms with Gasteiger partial charge in [0.15, 0.2) is 6.04 Å². The first-order valence-electron chi connectivity index (χ1n) is 6.74. The van der Waals surface area contributed by atoms with Crippen molar-refractivity contribution in [1.29, 1.82) is 0 Å². The topological polar surface area (TPSA) is 67.4 Å². The fourth-order valence-electron chi connectivity index (χ4n) is 1.78. The highest BCUT2D eigenvalue weighted by Crippen LogP contribution is 2.14. The van der Waals surface area contributed by atoms with Crippen molar-refractivity contribution >= 4 is 11.9 Å². The molecule has 5 heteroatoms. The second-order valence-corrected chi connectivity index (χ2v) is 4.58. The van der Waals surface area contributed by atoms with Crippen LogP contribution in [0.2, 0.25) is 0 Å². The van der Waals surface area contributed by atoms with Gasteiger partial charge in [-0.3, -0.25) is 4.79 Å². The minimum atomic E-state index is -0.766. The molecule has 0 aromatic heterocycles. The van der Waals surface area contributed by atoms with Gasteiger partial charge in [0.25, 0.3) is 0 Å². The van der Waals surface area contributed by atoms with Crippen LogP contribution in [-0.2, 0) is 14.3 Å². The smallest absolute Gasteiger partial charge is 0.333 e. The van der Waals surface area contributed by atoms with Crippen LogP contribution in [0.4, 0.5) is 0 Å². The second kappa shape index (κ2) is 8.32. The number of hydrogen-bond donors (Lipinski definition) is 2. The third-order valence-electron chi connectivity index (χ3n) is 3.00. The number of nitrogens with one attached hydrogen (secondary N) is 2. The Balaban J connectivity index is 2.76. The van der Waals surface area contributed by atoms with Gasteiger partial charge in [-0.25, -0.2) is 4.79 Å². The number of rotatable bonds is 7. The zero-order valence-electron chi connectivity index (χ0n) is 12.2. The monoisotopic (exact) mass is 278 g/mol. The molecule has 2 atom stereocenters. The van der Waals surface area contributed by atoms with Crippen molar-refractivity contribution in [3.8, 4) is 0 Å². The first-order valence-corrected chi connectivity index (χ1v) is 6.74. The predicted octanol–water partition coefficient (Wildman–Crippen LogP) is 1.26. The lowest BCUT2D eigenvalue weighted by atomic mass is 10.1. The van der Waals surface area contributed by atoms with Gasteiger partial charge < -0.3 is 15.4 Å². The van der Waals surface area contributed by atoms with Gasteiger partial charge >= 0.3 is 5.97 Å². The lowest BCUT2D eigenvalue weighted by Gasteiger charge is -2.19. The van der Waals surface area contributed by atoms with Gasteiger partial charge in [0.1, 0.15) is 0 Å². The minimum absolute atomic E-state index is 0.176. The van der Waals surface area contributed by atoms with Crippen LogP contribution in [0.1, 0.15) is 25.5 Å². The summed E-state index contributed by atoms with van der Waals surface area (Å²) in [5.74, 6) is -0.865. The van der Waals surface area contributed by atoms with Crippen LogP contribution in [0.15, 0.2) is 30.3 Å². The van der Waals surface area contributed by atoms with Crippen LogP contribution in [0, 0.1) is 5.92 Å². The summed E-state index contributed by atoms with van der Waals surface area (Å²) in [5, 5.41) is 5.85. The molecule has 20 heavy (non-hydrogen) atoms. The van der Waals surface area contributed by atoms with E-state index in [4.69, 9.17) is 4.74 Å². The second-order valence-electron chi connectivity index (χ2n) is 4.58. The largest absolute Gasteiger partial charge is 0.467 e. The number of esters is 1. The van der Waals surface area contributed by atoms with E-state index in [0.29, 0.717) is 12.1 Å². The molecule has 1 amide bonds. The lowest BCUT2D eigenvalue weighted by molar-refractivity contribution is -0.145. The van der Waals surface area contributed by atoms with Crippen molar-refractivity contribution in [3.63, 3.8) is 0 Å². The van der Waals surface area contributed by atoms with E-state index in [0.717, 1.165) is 6.54 Å². The van der Waals surface area contributed by atoms with Gasteiger partial charge in [0, 0.05) is 12.5 Å². The summed E-state index contributed by atoms with van der Waals surface area (Å²) in [7, 11) is 1.31. The Morgan fingerprint density at radius 1 is 1.25 bits per heavy atom. The molecule has 5 nitrogen and oxygen atoms in total. The van der Waals surface area contributed by atoms with Gasteiger partial charge in [-0.1, -0.05) is 44.2 Å². The van der Waals surface area contributed by atoms with Crippen molar-refractivity contribution in [2.45, 2.75) is 19.9 Å². The normalized spacial score (nSPS) is 13.3. The summed E-state index contributed by atoms with van der Waals surface area (Å²) in [6.07, 6.45) is 0. The Labute approximate surface area is 119 Å². The summed E-state index contributed by atoms with van der Waals surface area (Å²) in [5.41, 5.74) is 0.711. The molecule has 0 saturated heterocycles. The van der Waals surface area contributed by atoms with Crippen molar-refractivity contribution in [2.24, 2.45) is 5.92 Å². The quantitative estimate of drug-likeness (QED) is 0.737. The minimum Gasteiger partial charge on any atom is -0.467 e. The van der Waals surface area contributed by atoms with E-state index in [-0.39, 0.29) is 11.8 Å². The lowest BCUT2D eigenvalue weighted by Crippen LogP contribution is -2.40. The van der Waals surface area contributed by atoms with Crippen molar-refractivity contribution < 1.29 is 14.3 Å². The zero-order valence-corrected chi connectivity index (χ0v) is 12.2. The highest BCUT2D eigenvalue weighted by molar-refractivity contribution is 5.86. The molecule has 0 bridgehead atoms. The molecular formula is C15H22N2O3. The molecule has 0 saturated carbocycles. The average Bonchev–Trinajstić information content (AvgIpc) is 2.49. The van der Waals surface area contributed by atoms with Crippen LogP contribution in [-0.4, -0.2) is 32.1 Å². The van der Waals surface area contributed by atoms with E-state index in [9.17, 15) is 9.59 Å². The van der Waals surface area contributed by atoms with E-state index in [1.807, 2.05) is 32.0 Å². The Morgan fingerprint density at radius 3 is 2.45 bits per heavy atom. The first kappa shape index (κ1) is 16.2. The molecule has 2 unspecified atom stereocenters. The molecule has 0 heterocycles. The van der Waals surface area contributed by atoms with E-state index in [2.05, 4.69) is 10.6 Å². The predicted molar refractivity (Wildman–Crippen MR) is 77.0 cm³/mol. The molecule has 0 aliphatic rings. The van der Waals surface area contributed by atoms with Crippen LogP contribution >= 0.6 is 0 Å². The number of ether oxygens (including phenoxy) is 1. The van der Waals surface area contributed by atoms with Gasteiger partial charge in [-0.05, 0) is 12.1 Å². The third kappa shape index (κ3) is 4.66. The van der Waals surface area contributed by atoms with E-state index >= 15 is 0 Å². The summed E-state index contributed by atoms with van der Waals surface area (Å²) >= 11 is 0. The molecule has 1 rings (SSSR count). The number of hydrogen-bond acceptors (Lipinski definition) is 4. The summed E-state index contributed by atoms with van der Waals surface area (Å²) < 4.78 is 4.76. The zero-order chi connectivity index (χ0) is 15.0. The molecule has 0 spiro atoms. The van der Waals surface area contributed by atoms with E-state index < -0.39 is 12.0 Å². The van der Waals surface area contributed by atoms with Crippen LogP contribution in [0.5, 0.6) is 0 Å². The maximum atomic E-state index is 12.1. The van der Waals surface area contributed by atoms with E-state index in [1.165, 1.54) is 7.11 Å². The van der Waals surface area contributed by atoms with Crippen LogP contribution in [0.25, 0.3) is 0 Å². The SMILES string of the molecule is CCNCC(C)C(=O)NC(C(=O)OC)c1ccccc1. The van der Waals surface area contributed by atoms with Crippen LogP contribution in [0.3, 0.4) is 0 Å². The Morgan fingerprint density at radius 2 is 1.90 bits per heavy atom. The Bertz CT molecular complexity index is 434. The van der Waals surface area contributed by atoms with Crippen molar-refractivity contribution in [3.05, 3.63) is 35.9 Å². The molecule has 0 aliphatic heterocycles. The molecule has 0 radical (unpaired) electrons. The standard InChI is InChI=1S/C15H22N2O3/c1-4-16-10-11(2)14(18)17-13(15(19)20-3)12-8-6-5-7-9-12/h5-9,11,13,16H,4,10H2,1-3H3,(H,17,18). The summed E-state index contributed by atoms with van der Waals surface area (Å²) in [6, 6.07) is 8.30. The molecule has 0 aliphatic carbocycles. The molecule has 1 aromatic rings. The summed E-state index contributed by atoms with van der Waals surface area (Å²) in [4.78, 5) is 23.9. The Hall–Kier alpha value is -1.88. The summed E-state index contributed by atoms with van der Waals surface area (Å²) in [6.45, 7) is 5.17. The fraction of sp³-hybridized carbons (Fsp3) is 0.467. The van der Waals surface area contributed by atoms with Crippen molar-refractivity contribution in [1.82, 2.24) is 10.6 Å². The van der Waals surface area contributed by atoms with Gasteiger partial charge in [-0.2, -0.15) is 0 Å². The third-order valence-corrected chi connectivity index (χ3v) is 3.00. The maximum Gasteiger partial charge on any atom is 0.333 e. The van der Waals surface area contributed by atoms with Gasteiger partial charge in [0.2, 0.25) is 5.91 Å². The van der Waals surface area contributed by atoms with E-state index in [1.54, 1.807) is 12.1 Å². The first-order chi connectivity index (χ1) is 9.60.